The number of aromatic nitrogens is 3. The monoisotopic (exact) mass is 729 g/mol. The van der Waals surface area contributed by atoms with Gasteiger partial charge in [0.15, 0.2) is 38.2 Å². The lowest BCUT2D eigenvalue weighted by Crippen LogP contribution is -2.71. The molecule has 6 rings (SSSR count). The molecule has 2 aliphatic heterocycles. The summed E-state index contributed by atoms with van der Waals surface area (Å²) in [5, 5.41) is 64.8. The number of hydrogen-bond donors (Lipinski definition) is 7. The van der Waals surface area contributed by atoms with E-state index in [1.54, 1.807) is 6.07 Å². The zero-order valence-corrected chi connectivity index (χ0v) is 27.4. The van der Waals surface area contributed by atoms with Crippen molar-refractivity contribution in [2.45, 2.75) is 22.4 Å². The van der Waals surface area contributed by atoms with E-state index in [9.17, 15) is 39.9 Å². The maximum atomic E-state index is 13.4. The Balaban J connectivity index is 1.13. The van der Waals surface area contributed by atoms with E-state index in [1.165, 1.54) is 70.6 Å². The van der Waals surface area contributed by atoms with E-state index < -0.39 is 29.2 Å². The molecular formula is C28H23N7O9S4. The lowest BCUT2D eigenvalue weighted by molar-refractivity contribution is -0.150. The zero-order valence-electron chi connectivity index (χ0n) is 24.1. The summed E-state index contributed by atoms with van der Waals surface area (Å²) in [6.45, 7) is -0.175. The van der Waals surface area contributed by atoms with E-state index in [1.807, 2.05) is 0 Å². The highest BCUT2D eigenvalue weighted by Crippen LogP contribution is 2.42. The third kappa shape index (κ3) is 6.68. The van der Waals surface area contributed by atoms with Crippen LogP contribution in [0.2, 0.25) is 0 Å². The average molecular weight is 730 g/mol. The third-order valence-corrected chi connectivity index (χ3v) is 11.1. The third-order valence-electron chi connectivity index (χ3n) is 6.94. The molecule has 2 aromatic carbocycles. The molecule has 2 amide bonds. The number of phenolic OH excluding ortho intramolecular Hbond substituents is 4. The summed E-state index contributed by atoms with van der Waals surface area (Å²) in [5.41, 5.74) is 6.88. The van der Waals surface area contributed by atoms with Gasteiger partial charge in [-0.3, -0.25) is 14.5 Å². The van der Waals surface area contributed by atoms with Crippen molar-refractivity contribution in [1.29, 1.82) is 0 Å². The Morgan fingerprint density at radius 2 is 1.83 bits per heavy atom. The summed E-state index contributed by atoms with van der Waals surface area (Å²) in [5.74, 6) is -3.48. The van der Waals surface area contributed by atoms with Crippen LogP contribution in [0.4, 0.5) is 5.13 Å². The Hall–Kier alpha value is -5.05. The molecule has 2 atom stereocenters. The van der Waals surface area contributed by atoms with Crippen LogP contribution >= 0.6 is 46.2 Å². The predicted molar refractivity (Wildman–Crippen MR) is 177 cm³/mol. The molecule has 0 radical (unpaired) electrons. The number of thiazole rings is 1. The first-order valence-electron chi connectivity index (χ1n) is 13.6. The van der Waals surface area contributed by atoms with E-state index in [4.69, 9.17) is 10.6 Å². The highest BCUT2D eigenvalue weighted by molar-refractivity contribution is 8.01. The van der Waals surface area contributed by atoms with Crippen LogP contribution in [-0.2, 0) is 25.8 Å². The van der Waals surface area contributed by atoms with Crippen LogP contribution in [0.25, 0.3) is 10.6 Å². The molecule has 2 aromatic heterocycles. The SMILES string of the molecule is Nc1nc(C(=NOCc2ccc(O)c(O)c2)C(=O)N[C@@H]2C(=O)N3C(C(=O)O)=C(CSc4nnc(-c5ccc(O)c(O)c5)s4)CS[C@H]23)cs1. The van der Waals surface area contributed by atoms with Gasteiger partial charge in [0.2, 0.25) is 0 Å². The van der Waals surface area contributed by atoms with Crippen LogP contribution in [0, 0.1) is 0 Å². The van der Waals surface area contributed by atoms with E-state index in [-0.39, 0.29) is 63.3 Å². The highest BCUT2D eigenvalue weighted by Gasteiger charge is 2.54. The molecule has 4 heterocycles. The number of carbonyl (C=O) groups is 3. The van der Waals surface area contributed by atoms with Gasteiger partial charge < -0.3 is 41.4 Å². The van der Waals surface area contributed by atoms with Gasteiger partial charge in [0.1, 0.15) is 34.4 Å². The van der Waals surface area contributed by atoms with Gasteiger partial charge in [0, 0.05) is 22.4 Å². The quantitative estimate of drug-likeness (QED) is 0.0385. The Labute approximate surface area is 286 Å². The molecule has 0 aliphatic carbocycles. The second-order valence-electron chi connectivity index (χ2n) is 10.1. The molecule has 20 heteroatoms. The molecule has 4 aromatic rings. The van der Waals surface area contributed by atoms with Gasteiger partial charge in [-0.05, 0) is 41.5 Å². The number of nitrogens with zero attached hydrogens (tertiary/aromatic N) is 5. The number of carboxylic acid groups (broad SMARTS) is 1. The lowest BCUT2D eigenvalue weighted by Gasteiger charge is -2.49. The molecule has 16 nitrogen and oxygen atoms in total. The Bertz CT molecular complexity index is 2000. The van der Waals surface area contributed by atoms with Crippen molar-refractivity contribution in [3.63, 3.8) is 0 Å². The second-order valence-corrected chi connectivity index (χ2v) is 14.3. The molecule has 0 saturated carbocycles. The van der Waals surface area contributed by atoms with Crippen LogP contribution in [0.5, 0.6) is 23.0 Å². The van der Waals surface area contributed by atoms with E-state index in [2.05, 4.69) is 25.7 Å². The molecule has 48 heavy (non-hydrogen) atoms. The molecule has 0 spiro atoms. The molecule has 1 saturated heterocycles. The number of rotatable bonds is 11. The minimum Gasteiger partial charge on any atom is -0.504 e. The van der Waals surface area contributed by atoms with Crippen molar-refractivity contribution < 1.29 is 44.8 Å². The molecular weight excluding hydrogens is 707 g/mol. The number of carbonyl (C=O) groups excluding carboxylic acids is 2. The van der Waals surface area contributed by atoms with Crippen LogP contribution in [-0.4, -0.2) is 92.0 Å². The number of amides is 2. The normalized spacial score (nSPS) is 17.5. The minimum atomic E-state index is -1.29. The first-order chi connectivity index (χ1) is 23.0. The Morgan fingerprint density at radius 3 is 2.52 bits per heavy atom. The number of β-lactam (4-membered cyclic amide) rings is 1. The molecule has 0 bridgehead atoms. The number of fused-ring (bicyclic) bond motifs is 1. The van der Waals surface area contributed by atoms with Gasteiger partial charge in [0.25, 0.3) is 11.8 Å². The number of phenols is 4. The van der Waals surface area contributed by atoms with Crippen molar-refractivity contribution >= 4 is 74.8 Å². The van der Waals surface area contributed by atoms with Crippen LogP contribution < -0.4 is 11.1 Å². The summed E-state index contributed by atoms with van der Waals surface area (Å²) in [4.78, 5) is 49.6. The second kappa shape index (κ2) is 13.6. The number of carboxylic acids is 1. The number of nitrogen functional groups attached to an aromatic ring is 1. The van der Waals surface area contributed by atoms with Gasteiger partial charge in [0.05, 0.1) is 0 Å². The standard InChI is InChI=1S/C28H23N7O9S4/c29-27-30-14(10-46-27)19(34-44-7-11-1-3-15(36)17(38)5-11)22(40)31-20-24(41)35-21(26(42)43)13(8-45-25(20)35)9-47-28-33-32-23(48-28)12-2-4-16(37)18(39)6-12/h1-6,10,20,25,36-39H,7-9H2,(H2,29,30)(H,31,40)(H,42,43)/t20-,25-/m1/s1. The van der Waals surface area contributed by atoms with Gasteiger partial charge in [-0.15, -0.1) is 33.3 Å². The van der Waals surface area contributed by atoms with Crippen molar-refractivity contribution in [1.82, 2.24) is 25.4 Å². The molecule has 8 N–H and O–H groups in total. The first-order valence-corrected chi connectivity index (χ1v) is 17.3. The summed E-state index contributed by atoms with van der Waals surface area (Å²) in [6.07, 6.45) is 0. The fourth-order valence-electron chi connectivity index (χ4n) is 4.63. The number of hydrogen-bond acceptors (Lipinski definition) is 17. The Morgan fingerprint density at radius 1 is 1.08 bits per heavy atom. The summed E-state index contributed by atoms with van der Waals surface area (Å²) >= 11 is 4.81. The van der Waals surface area contributed by atoms with Gasteiger partial charge in [-0.2, -0.15) is 0 Å². The molecule has 2 aliphatic rings. The number of oxime groups is 1. The lowest BCUT2D eigenvalue weighted by atomic mass is 10.0. The van der Waals surface area contributed by atoms with Crippen LogP contribution in [0.3, 0.4) is 0 Å². The fourth-order valence-corrected chi connectivity index (χ4v) is 8.51. The van der Waals surface area contributed by atoms with Crippen molar-refractivity contribution in [3.8, 4) is 33.6 Å². The summed E-state index contributed by atoms with van der Waals surface area (Å²) in [6, 6.07) is 7.23. The number of anilines is 1. The summed E-state index contributed by atoms with van der Waals surface area (Å²) in [7, 11) is 0. The maximum absolute atomic E-state index is 13.4. The highest BCUT2D eigenvalue weighted by atomic mass is 32.2. The van der Waals surface area contributed by atoms with Crippen molar-refractivity contribution in [3.05, 3.63) is 64.3 Å². The zero-order chi connectivity index (χ0) is 34.1. The number of aromatic hydroxyl groups is 4. The van der Waals surface area contributed by atoms with Crippen molar-refractivity contribution in [2.75, 3.05) is 17.2 Å². The fraction of sp³-hybridized carbons (Fsp3) is 0.179. The number of benzene rings is 2. The smallest absolute Gasteiger partial charge is 0.352 e. The average Bonchev–Trinajstić information content (AvgIpc) is 3.72. The number of aliphatic carboxylic acids is 1. The number of thioether (sulfide) groups is 2. The van der Waals surface area contributed by atoms with Gasteiger partial charge in [-0.1, -0.05) is 34.3 Å². The number of nitrogens with one attached hydrogen (secondary N) is 1. The first kappa shape index (κ1) is 32.9. The molecule has 1 fully saturated rings. The maximum Gasteiger partial charge on any atom is 0.352 e. The van der Waals surface area contributed by atoms with Crippen LogP contribution in [0.1, 0.15) is 11.3 Å². The van der Waals surface area contributed by atoms with Crippen LogP contribution in [0.15, 0.2) is 62.5 Å². The van der Waals surface area contributed by atoms with Gasteiger partial charge in [-0.25, -0.2) is 9.78 Å². The largest absolute Gasteiger partial charge is 0.504 e. The van der Waals surface area contributed by atoms with Crippen molar-refractivity contribution in [2.24, 2.45) is 5.16 Å². The molecule has 0 unspecified atom stereocenters. The minimum absolute atomic E-state index is 0.0935. The topological polar surface area (TPSA) is 254 Å². The number of nitrogens with two attached hydrogens (primary N) is 1. The predicted octanol–water partition coefficient (Wildman–Crippen LogP) is 2.52. The Kier molecular flexibility index (Phi) is 9.31. The van der Waals surface area contributed by atoms with E-state index in [0.717, 1.165) is 16.2 Å². The van der Waals surface area contributed by atoms with E-state index in [0.29, 0.717) is 26.0 Å². The summed E-state index contributed by atoms with van der Waals surface area (Å²) < 4.78 is 0.529. The molecule has 248 valence electrons. The van der Waals surface area contributed by atoms with Gasteiger partial charge >= 0.3 is 5.97 Å². The van der Waals surface area contributed by atoms with E-state index >= 15 is 0 Å².